The molecule has 0 atom stereocenters. The molecule has 0 spiro atoms. The number of hydrogen-bond donors (Lipinski definition) is 0. The van der Waals surface area contributed by atoms with Crippen LogP contribution in [-0.2, 0) is 6.42 Å². The van der Waals surface area contributed by atoms with Crippen LogP contribution in [0.1, 0.15) is 51.1 Å². The Balaban J connectivity index is 0.000000418. The second kappa shape index (κ2) is 7.91. The zero-order valence-electron chi connectivity index (χ0n) is 19.2. The summed E-state index contributed by atoms with van der Waals surface area (Å²) in [5.74, 6) is 1.50. The first-order chi connectivity index (χ1) is 14.6. The van der Waals surface area contributed by atoms with Gasteiger partial charge in [0.05, 0.1) is 5.52 Å². The van der Waals surface area contributed by atoms with E-state index in [1.807, 2.05) is 13.0 Å². The molecule has 4 aromatic rings. The predicted octanol–water partition coefficient (Wildman–Crippen LogP) is 6.17. The lowest BCUT2D eigenvalue weighted by molar-refractivity contribution is 0.469. The number of halogens is 1. The minimum Gasteiger partial charge on any atom is -0.325 e. The molecule has 3 heterocycles. The second-order valence-electron chi connectivity index (χ2n) is 9.78. The second-order valence-corrected chi connectivity index (χ2v) is 9.78. The van der Waals surface area contributed by atoms with E-state index in [0.29, 0.717) is 22.5 Å². The zero-order chi connectivity index (χ0) is 22.3. The topological polar surface area (TPSA) is 46.3 Å². The highest BCUT2D eigenvalue weighted by atomic mass is 19.1. The molecule has 0 saturated heterocycles. The first-order valence-corrected chi connectivity index (χ1v) is 10.8. The van der Waals surface area contributed by atoms with Gasteiger partial charge in [-0.2, -0.15) is 4.98 Å². The van der Waals surface area contributed by atoms with E-state index in [1.54, 1.807) is 10.5 Å². The Morgan fingerprint density at radius 3 is 2.42 bits per heavy atom. The molecule has 1 aliphatic rings. The van der Waals surface area contributed by atoms with E-state index in [-0.39, 0.29) is 5.82 Å². The molecule has 2 aromatic heterocycles. The molecular formula is C25H30FN5. The number of rotatable bonds is 1. The van der Waals surface area contributed by atoms with Crippen molar-refractivity contribution in [1.29, 1.82) is 0 Å². The lowest BCUT2D eigenvalue weighted by atomic mass is 9.97. The molecule has 0 amide bonds. The summed E-state index contributed by atoms with van der Waals surface area (Å²) < 4.78 is 16.4. The van der Waals surface area contributed by atoms with Crippen LogP contribution in [0.3, 0.4) is 0 Å². The predicted molar refractivity (Wildman–Crippen MR) is 125 cm³/mol. The first kappa shape index (κ1) is 21.2. The number of aromatic nitrogens is 4. The van der Waals surface area contributed by atoms with E-state index < -0.39 is 0 Å². The monoisotopic (exact) mass is 419 g/mol. The van der Waals surface area contributed by atoms with Crippen molar-refractivity contribution in [3.8, 4) is 0 Å². The van der Waals surface area contributed by atoms with Crippen LogP contribution in [0.5, 0.6) is 0 Å². The Morgan fingerprint density at radius 1 is 0.968 bits per heavy atom. The summed E-state index contributed by atoms with van der Waals surface area (Å²) in [5, 5.41) is 9.02. The van der Waals surface area contributed by atoms with Gasteiger partial charge in [-0.3, -0.25) is 4.40 Å². The van der Waals surface area contributed by atoms with Gasteiger partial charge in [0, 0.05) is 17.6 Å². The lowest BCUT2D eigenvalue weighted by Crippen LogP contribution is -2.26. The maximum atomic E-state index is 14.8. The Kier molecular flexibility index (Phi) is 5.42. The van der Waals surface area contributed by atoms with E-state index >= 15 is 0 Å². The fraction of sp³-hybridized carbons (Fsp3) is 0.400. The normalized spacial score (nSPS) is 13.8. The molecule has 0 unspecified atom stereocenters. The highest BCUT2D eigenvalue weighted by molar-refractivity contribution is 5.94. The van der Waals surface area contributed by atoms with Crippen LogP contribution in [0.4, 0.5) is 15.9 Å². The van der Waals surface area contributed by atoms with Crippen molar-refractivity contribution < 1.29 is 4.39 Å². The van der Waals surface area contributed by atoms with Crippen LogP contribution in [0.15, 0.2) is 36.4 Å². The van der Waals surface area contributed by atoms with E-state index in [4.69, 9.17) is 4.98 Å². The van der Waals surface area contributed by atoms with E-state index in [1.165, 1.54) is 17.2 Å². The highest BCUT2D eigenvalue weighted by Gasteiger charge is 2.24. The SMILES string of the molecule is CC(C)(C)C.Cc1cccc2c1CCCN2c1nc2nnc(C)n2c2c(F)cccc12. The third kappa shape index (κ3) is 4.11. The van der Waals surface area contributed by atoms with Crippen LogP contribution < -0.4 is 4.90 Å². The summed E-state index contributed by atoms with van der Waals surface area (Å²) in [6.07, 6.45) is 2.09. The standard InChI is InChI=1S/C20H18FN5.C5H12/c1-12-6-3-10-17-14(12)8-5-11-25(17)19-15-7-4-9-16(21)18(15)26-13(2)23-24-20(26)22-19;1-5(2,3)4/h3-4,6-7,9-10H,5,8,11H2,1-2H3;1-4H3. The molecule has 0 fully saturated rings. The largest absolute Gasteiger partial charge is 0.325 e. The van der Waals surface area contributed by atoms with E-state index in [9.17, 15) is 4.39 Å². The van der Waals surface area contributed by atoms with Crippen molar-refractivity contribution >= 4 is 28.2 Å². The Bertz CT molecular complexity index is 1250. The molecule has 2 aromatic carbocycles. The lowest BCUT2D eigenvalue weighted by Gasteiger charge is -2.32. The molecule has 0 aliphatic carbocycles. The molecule has 0 N–H and O–H groups in total. The Labute approximate surface area is 182 Å². The van der Waals surface area contributed by atoms with Gasteiger partial charge in [0.1, 0.15) is 17.5 Å². The van der Waals surface area contributed by atoms with Gasteiger partial charge in [0.2, 0.25) is 0 Å². The van der Waals surface area contributed by atoms with Gasteiger partial charge < -0.3 is 4.90 Å². The van der Waals surface area contributed by atoms with Crippen molar-refractivity contribution in [2.75, 3.05) is 11.4 Å². The van der Waals surface area contributed by atoms with Crippen molar-refractivity contribution in [3.05, 3.63) is 59.2 Å². The first-order valence-electron chi connectivity index (χ1n) is 10.8. The third-order valence-corrected chi connectivity index (χ3v) is 5.21. The Morgan fingerprint density at radius 2 is 1.68 bits per heavy atom. The van der Waals surface area contributed by atoms with Crippen molar-refractivity contribution in [1.82, 2.24) is 19.6 Å². The van der Waals surface area contributed by atoms with Gasteiger partial charge in [-0.15, -0.1) is 10.2 Å². The third-order valence-electron chi connectivity index (χ3n) is 5.21. The van der Waals surface area contributed by atoms with Gasteiger partial charge in [0.25, 0.3) is 5.78 Å². The number of fused-ring (bicyclic) bond motifs is 4. The molecule has 5 rings (SSSR count). The van der Waals surface area contributed by atoms with Crippen molar-refractivity contribution in [3.63, 3.8) is 0 Å². The number of nitrogens with zero attached hydrogens (tertiary/aromatic N) is 5. The Hall–Kier alpha value is -3.02. The van der Waals surface area contributed by atoms with Crippen LogP contribution in [-0.4, -0.2) is 26.1 Å². The van der Waals surface area contributed by atoms with Crippen molar-refractivity contribution in [2.45, 2.75) is 54.4 Å². The summed E-state index contributed by atoms with van der Waals surface area (Å²) in [4.78, 5) is 6.96. The van der Waals surface area contributed by atoms with Gasteiger partial charge in [-0.25, -0.2) is 4.39 Å². The fourth-order valence-electron chi connectivity index (χ4n) is 3.99. The smallest absolute Gasteiger partial charge is 0.257 e. The average Bonchev–Trinajstić information content (AvgIpc) is 3.07. The van der Waals surface area contributed by atoms with Gasteiger partial charge >= 0.3 is 0 Å². The molecule has 5 nitrogen and oxygen atoms in total. The minimum absolute atomic E-state index is 0.291. The van der Waals surface area contributed by atoms with Crippen LogP contribution >= 0.6 is 0 Å². The van der Waals surface area contributed by atoms with Gasteiger partial charge in [0.15, 0.2) is 0 Å². The van der Waals surface area contributed by atoms with Gasteiger partial charge in [-0.05, 0) is 61.4 Å². The number of anilines is 2. The fourth-order valence-corrected chi connectivity index (χ4v) is 3.99. The number of hydrogen-bond acceptors (Lipinski definition) is 4. The molecular weight excluding hydrogens is 389 g/mol. The minimum atomic E-state index is -0.291. The number of benzene rings is 2. The molecule has 31 heavy (non-hydrogen) atoms. The summed E-state index contributed by atoms with van der Waals surface area (Å²) in [7, 11) is 0. The van der Waals surface area contributed by atoms with Crippen LogP contribution in [0, 0.1) is 25.1 Å². The van der Waals surface area contributed by atoms with Crippen molar-refractivity contribution in [2.24, 2.45) is 5.41 Å². The number of para-hydroxylation sites is 1. The zero-order valence-corrected chi connectivity index (χ0v) is 19.2. The highest BCUT2D eigenvalue weighted by Crippen LogP contribution is 2.38. The van der Waals surface area contributed by atoms with Crippen LogP contribution in [0.2, 0.25) is 0 Å². The van der Waals surface area contributed by atoms with E-state index in [2.05, 4.69) is 67.9 Å². The van der Waals surface area contributed by atoms with Crippen LogP contribution in [0.25, 0.3) is 16.7 Å². The molecule has 162 valence electrons. The average molecular weight is 420 g/mol. The summed E-state index contributed by atoms with van der Waals surface area (Å²) in [5.41, 5.74) is 4.74. The van der Waals surface area contributed by atoms with Gasteiger partial charge in [-0.1, -0.05) is 45.9 Å². The maximum Gasteiger partial charge on any atom is 0.257 e. The number of aryl methyl sites for hydroxylation is 2. The molecule has 6 heteroatoms. The molecule has 0 bridgehead atoms. The summed E-state index contributed by atoms with van der Waals surface area (Å²) in [6.45, 7) is 13.5. The summed E-state index contributed by atoms with van der Waals surface area (Å²) in [6, 6.07) is 11.4. The van der Waals surface area contributed by atoms with E-state index in [0.717, 1.165) is 36.3 Å². The molecule has 0 radical (unpaired) electrons. The molecule has 1 aliphatic heterocycles. The molecule has 0 saturated carbocycles. The quantitative estimate of drug-likeness (QED) is 0.370. The summed E-state index contributed by atoms with van der Waals surface area (Å²) >= 11 is 0. The maximum absolute atomic E-state index is 14.8.